The zero-order valence-corrected chi connectivity index (χ0v) is 16.5. The summed E-state index contributed by atoms with van der Waals surface area (Å²) in [5.41, 5.74) is -1.26. The van der Waals surface area contributed by atoms with E-state index in [1.54, 1.807) is 24.0 Å². The molecule has 6 nitrogen and oxygen atoms in total. The number of alkyl halides is 3. The standard InChI is InChI=1S/C21H22F3N3O3/c1-14(12-18(28)26-13-17-25-10-11-27(17)2)19(29)30-20(8-3-9-20)15-4-6-16(7-5-15)21(22,23)24/h4-7,10-11H,1,3,8-9,12-13H2,2H3,(H,26,28). The SMILES string of the molecule is C=C(CC(=O)NCc1nccn1C)C(=O)OC1(c2ccc(C(F)(F)F)cc2)CCC1. The van der Waals surface area contributed by atoms with Crippen LogP contribution in [-0.2, 0) is 39.7 Å². The van der Waals surface area contributed by atoms with Crippen molar-refractivity contribution in [2.75, 3.05) is 0 Å². The topological polar surface area (TPSA) is 73.2 Å². The van der Waals surface area contributed by atoms with Gasteiger partial charge in [-0.2, -0.15) is 13.2 Å². The Bertz CT molecular complexity index is 944. The number of benzene rings is 1. The highest BCUT2D eigenvalue weighted by molar-refractivity contribution is 5.94. The number of nitrogens with one attached hydrogen (secondary N) is 1. The molecule has 1 aliphatic rings. The molecule has 1 fully saturated rings. The largest absolute Gasteiger partial charge is 0.451 e. The Balaban J connectivity index is 1.58. The van der Waals surface area contributed by atoms with Gasteiger partial charge in [0.05, 0.1) is 18.5 Å². The Morgan fingerprint density at radius 3 is 2.43 bits per heavy atom. The molecule has 0 atom stereocenters. The molecule has 0 saturated heterocycles. The van der Waals surface area contributed by atoms with Gasteiger partial charge >= 0.3 is 12.1 Å². The highest BCUT2D eigenvalue weighted by Crippen LogP contribution is 2.45. The second kappa shape index (κ2) is 8.33. The van der Waals surface area contributed by atoms with E-state index in [0.29, 0.717) is 24.2 Å². The number of imidazole rings is 1. The van der Waals surface area contributed by atoms with E-state index in [-0.39, 0.29) is 18.5 Å². The Morgan fingerprint density at radius 2 is 1.93 bits per heavy atom. The number of hydrogen-bond donors (Lipinski definition) is 1. The minimum Gasteiger partial charge on any atom is -0.451 e. The van der Waals surface area contributed by atoms with Crippen LogP contribution < -0.4 is 5.32 Å². The molecule has 1 aromatic carbocycles. The van der Waals surface area contributed by atoms with E-state index >= 15 is 0 Å². The maximum atomic E-state index is 12.8. The van der Waals surface area contributed by atoms with Crippen molar-refractivity contribution in [2.45, 2.75) is 44.0 Å². The van der Waals surface area contributed by atoms with E-state index in [1.165, 1.54) is 12.1 Å². The molecule has 0 unspecified atom stereocenters. The zero-order valence-electron chi connectivity index (χ0n) is 16.5. The molecule has 0 aliphatic heterocycles. The second-order valence-corrected chi connectivity index (χ2v) is 7.32. The molecular weight excluding hydrogens is 399 g/mol. The number of aromatic nitrogens is 2. The predicted octanol–water partition coefficient (Wildman–Crippen LogP) is 3.62. The third-order valence-electron chi connectivity index (χ3n) is 5.21. The van der Waals surface area contributed by atoms with Crippen LogP contribution in [-0.4, -0.2) is 21.4 Å². The van der Waals surface area contributed by atoms with Crippen molar-refractivity contribution in [3.8, 4) is 0 Å². The maximum absolute atomic E-state index is 12.8. The lowest BCUT2D eigenvalue weighted by atomic mass is 9.74. The first-order chi connectivity index (χ1) is 14.1. The molecule has 1 aliphatic carbocycles. The Morgan fingerprint density at radius 1 is 1.27 bits per heavy atom. The Labute approximate surface area is 171 Å². The summed E-state index contributed by atoms with van der Waals surface area (Å²) in [6.45, 7) is 3.84. The third kappa shape index (κ3) is 4.72. The fourth-order valence-electron chi connectivity index (χ4n) is 3.23. The van der Waals surface area contributed by atoms with E-state index in [4.69, 9.17) is 4.74 Å². The number of carbonyl (C=O) groups is 2. The lowest BCUT2D eigenvalue weighted by Gasteiger charge is -2.41. The number of hydrogen-bond acceptors (Lipinski definition) is 4. The van der Waals surface area contributed by atoms with Gasteiger partial charge in [0.15, 0.2) is 0 Å². The van der Waals surface area contributed by atoms with Gasteiger partial charge in [-0.25, -0.2) is 9.78 Å². The minimum absolute atomic E-state index is 0.0227. The molecular formula is C21H22F3N3O3. The highest BCUT2D eigenvalue weighted by Gasteiger charge is 2.43. The quantitative estimate of drug-likeness (QED) is 0.548. The summed E-state index contributed by atoms with van der Waals surface area (Å²) < 4.78 is 45.7. The second-order valence-electron chi connectivity index (χ2n) is 7.32. The minimum atomic E-state index is -4.43. The van der Waals surface area contributed by atoms with Crippen molar-refractivity contribution < 1.29 is 27.5 Å². The van der Waals surface area contributed by atoms with Crippen LogP contribution in [0.4, 0.5) is 13.2 Å². The molecule has 1 saturated carbocycles. The van der Waals surface area contributed by atoms with Gasteiger partial charge in [-0.15, -0.1) is 0 Å². The monoisotopic (exact) mass is 421 g/mol. The van der Waals surface area contributed by atoms with Crippen LogP contribution in [0.2, 0.25) is 0 Å². The number of carbonyl (C=O) groups excluding carboxylic acids is 2. The summed E-state index contributed by atoms with van der Waals surface area (Å²) in [5.74, 6) is -0.480. The number of esters is 1. The van der Waals surface area contributed by atoms with Gasteiger partial charge in [0.1, 0.15) is 11.4 Å². The lowest BCUT2D eigenvalue weighted by molar-refractivity contribution is -0.167. The number of rotatable bonds is 7. The van der Waals surface area contributed by atoms with Crippen LogP contribution in [0, 0.1) is 0 Å². The molecule has 1 amide bonds. The van der Waals surface area contributed by atoms with Gasteiger partial charge in [0, 0.05) is 25.0 Å². The molecule has 160 valence electrons. The molecule has 0 spiro atoms. The smallest absolute Gasteiger partial charge is 0.416 e. The molecule has 1 heterocycles. The summed E-state index contributed by atoms with van der Waals surface area (Å²) >= 11 is 0. The van der Waals surface area contributed by atoms with Crippen molar-refractivity contribution in [1.29, 1.82) is 0 Å². The Hall–Kier alpha value is -3.10. The zero-order chi connectivity index (χ0) is 21.9. The predicted molar refractivity (Wildman–Crippen MR) is 102 cm³/mol. The molecule has 0 bridgehead atoms. The van der Waals surface area contributed by atoms with Crippen LogP contribution in [0.15, 0.2) is 48.8 Å². The Kier molecular flexibility index (Phi) is 6.00. The van der Waals surface area contributed by atoms with Gasteiger partial charge in [-0.1, -0.05) is 18.7 Å². The van der Waals surface area contributed by atoms with E-state index < -0.39 is 29.2 Å². The van der Waals surface area contributed by atoms with Gasteiger partial charge in [0.2, 0.25) is 5.91 Å². The summed E-state index contributed by atoms with van der Waals surface area (Å²) in [4.78, 5) is 28.7. The van der Waals surface area contributed by atoms with Crippen LogP contribution in [0.3, 0.4) is 0 Å². The maximum Gasteiger partial charge on any atom is 0.416 e. The number of nitrogens with zero attached hydrogens (tertiary/aromatic N) is 2. The fourth-order valence-corrected chi connectivity index (χ4v) is 3.23. The van der Waals surface area contributed by atoms with E-state index in [9.17, 15) is 22.8 Å². The van der Waals surface area contributed by atoms with Crippen LogP contribution in [0.25, 0.3) is 0 Å². The molecule has 3 rings (SSSR count). The van der Waals surface area contributed by atoms with Crippen LogP contribution in [0.5, 0.6) is 0 Å². The lowest BCUT2D eigenvalue weighted by Crippen LogP contribution is -2.40. The van der Waals surface area contributed by atoms with E-state index in [2.05, 4.69) is 16.9 Å². The first kappa shape index (κ1) is 21.6. The molecule has 0 radical (unpaired) electrons. The van der Waals surface area contributed by atoms with Crippen molar-refractivity contribution in [2.24, 2.45) is 7.05 Å². The normalized spacial score (nSPS) is 15.2. The number of aryl methyl sites for hydroxylation is 1. The van der Waals surface area contributed by atoms with Crippen LogP contribution in [0.1, 0.15) is 42.6 Å². The third-order valence-corrected chi connectivity index (χ3v) is 5.21. The number of halogens is 3. The summed E-state index contributed by atoms with van der Waals surface area (Å²) in [6.07, 6.45) is 0.468. The molecule has 30 heavy (non-hydrogen) atoms. The summed E-state index contributed by atoms with van der Waals surface area (Å²) in [7, 11) is 1.80. The van der Waals surface area contributed by atoms with Crippen LogP contribution >= 0.6 is 0 Å². The van der Waals surface area contributed by atoms with Gasteiger partial charge in [-0.05, 0) is 37.0 Å². The number of amides is 1. The average Bonchev–Trinajstić information content (AvgIpc) is 3.07. The summed E-state index contributed by atoms with van der Waals surface area (Å²) in [5, 5.41) is 2.66. The first-order valence-electron chi connectivity index (χ1n) is 9.42. The van der Waals surface area contributed by atoms with Crippen molar-refractivity contribution in [3.63, 3.8) is 0 Å². The van der Waals surface area contributed by atoms with Crippen molar-refractivity contribution in [3.05, 3.63) is 65.8 Å². The molecule has 9 heteroatoms. The molecule has 1 aromatic heterocycles. The van der Waals surface area contributed by atoms with E-state index in [0.717, 1.165) is 18.6 Å². The van der Waals surface area contributed by atoms with E-state index in [1.807, 2.05) is 0 Å². The average molecular weight is 421 g/mol. The summed E-state index contributed by atoms with van der Waals surface area (Å²) in [6, 6.07) is 4.61. The van der Waals surface area contributed by atoms with Gasteiger partial charge in [-0.3, -0.25) is 4.79 Å². The van der Waals surface area contributed by atoms with Crippen molar-refractivity contribution >= 4 is 11.9 Å². The molecule has 1 N–H and O–H groups in total. The fraction of sp³-hybridized carbons (Fsp3) is 0.381. The number of ether oxygens (including phenoxy) is 1. The molecule has 2 aromatic rings. The van der Waals surface area contributed by atoms with Gasteiger partial charge < -0.3 is 14.6 Å². The van der Waals surface area contributed by atoms with Gasteiger partial charge in [0.25, 0.3) is 0 Å². The first-order valence-corrected chi connectivity index (χ1v) is 9.42. The highest BCUT2D eigenvalue weighted by atomic mass is 19.4. The van der Waals surface area contributed by atoms with Crippen molar-refractivity contribution in [1.82, 2.24) is 14.9 Å².